The highest BCUT2D eigenvalue weighted by molar-refractivity contribution is 7.00. The number of hydrogen-bond acceptors (Lipinski definition) is 1. The maximum absolute atomic E-state index is 3.17. The van der Waals surface area contributed by atoms with Gasteiger partial charge in [0.25, 0.3) is 0 Å². The molecule has 0 aromatic heterocycles. The minimum Gasteiger partial charge on any atom is -0.368 e. The fraction of sp³-hybridized carbons (Fsp3) is 0.636. The molecule has 0 fully saturated rings. The third-order valence-corrected chi connectivity index (χ3v) is 13.5. The third-order valence-electron chi connectivity index (χ3n) is 3.37. The lowest BCUT2D eigenvalue weighted by Gasteiger charge is -2.49. The molecule has 0 aliphatic carbocycles. The second-order valence-electron chi connectivity index (χ2n) is 6.20. The van der Waals surface area contributed by atoms with Crippen molar-refractivity contribution in [3.8, 4) is 0 Å². The van der Waals surface area contributed by atoms with Crippen LogP contribution in [0.4, 0.5) is 0 Å². The summed E-state index contributed by atoms with van der Waals surface area (Å²) in [6.07, 6.45) is 9.09. The molecule has 1 rings (SSSR count). The summed E-state index contributed by atoms with van der Waals surface area (Å²) in [4.78, 5) is 0. The molecule has 0 radical (unpaired) electrons. The van der Waals surface area contributed by atoms with Gasteiger partial charge >= 0.3 is 0 Å². The van der Waals surface area contributed by atoms with Crippen LogP contribution in [0.5, 0.6) is 0 Å². The van der Waals surface area contributed by atoms with Crippen molar-refractivity contribution in [3.05, 3.63) is 24.6 Å². The van der Waals surface area contributed by atoms with Crippen LogP contribution in [0, 0.1) is 0 Å². The van der Waals surface area contributed by atoms with Crippen LogP contribution in [0.2, 0.25) is 43.9 Å². The molecule has 1 heterocycles. The van der Waals surface area contributed by atoms with Gasteiger partial charge in [0.2, 0.25) is 0 Å². The standard InChI is InChI=1S/C11H23NSi2/c1-13(2,3)11(14(4,5)6)7-9-12-10-8-11/h7-10,12H,1-6H3. The minimum atomic E-state index is -1.19. The smallest absolute Gasteiger partial charge is 0.0564 e. The molecule has 3 heteroatoms. The van der Waals surface area contributed by atoms with Crippen molar-refractivity contribution in [1.82, 2.24) is 5.32 Å². The lowest BCUT2D eigenvalue weighted by Crippen LogP contribution is -2.53. The van der Waals surface area contributed by atoms with E-state index in [1.54, 1.807) is 0 Å². The number of allylic oxidation sites excluding steroid dienone is 2. The molecule has 1 aliphatic heterocycles. The normalized spacial score (nSPS) is 20.7. The molecule has 0 saturated carbocycles. The Kier molecular flexibility index (Phi) is 2.85. The first-order valence-electron chi connectivity index (χ1n) is 5.32. The predicted octanol–water partition coefficient (Wildman–Crippen LogP) is 3.57. The molecule has 0 bridgehead atoms. The summed E-state index contributed by atoms with van der Waals surface area (Å²) in [5.41, 5.74) is 0. The average molecular weight is 225 g/mol. The number of dihydropyridines is 1. The Hall–Kier alpha value is -0.286. The van der Waals surface area contributed by atoms with E-state index in [1.807, 2.05) is 0 Å². The SMILES string of the molecule is C[Si](C)(C)C1([Si](C)(C)C)C=CNC=C1. The van der Waals surface area contributed by atoms with E-state index in [4.69, 9.17) is 0 Å². The van der Waals surface area contributed by atoms with Gasteiger partial charge in [0, 0.05) is 0 Å². The quantitative estimate of drug-likeness (QED) is 0.709. The lowest BCUT2D eigenvalue weighted by molar-refractivity contribution is 0.990. The van der Waals surface area contributed by atoms with Gasteiger partial charge in [-0.15, -0.1) is 0 Å². The van der Waals surface area contributed by atoms with Crippen molar-refractivity contribution < 1.29 is 0 Å². The summed E-state index contributed by atoms with van der Waals surface area (Å²) >= 11 is 0. The van der Waals surface area contributed by atoms with Crippen LogP contribution in [-0.2, 0) is 0 Å². The minimum absolute atomic E-state index is 0.408. The number of nitrogens with one attached hydrogen (secondary N) is 1. The van der Waals surface area contributed by atoms with Crippen molar-refractivity contribution in [3.63, 3.8) is 0 Å². The molecule has 1 N–H and O–H groups in total. The average Bonchev–Trinajstić information content (AvgIpc) is 2.02. The van der Waals surface area contributed by atoms with Gasteiger partial charge in [0.15, 0.2) is 0 Å². The molecule has 0 atom stereocenters. The Balaban J connectivity index is 3.23. The molecule has 80 valence electrons. The van der Waals surface area contributed by atoms with Crippen molar-refractivity contribution in [2.75, 3.05) is 0 Å². The molecule has 14 heavy (non-hydrogen) atoms. The van der Waals surface area contributed by atoms with E-state index in [2.05, 4.69) is 69.2 Å². The molecular formula is C11H23NSi2. The highest BCUT2D eigenvalue weighted by Gasteiger charge is 2.49. The van der Waals surface area contributed by atoms with Crippen LogP contribution < -0.4 is 5.32 Å². The van der Waals surface area contributed by atoms with E-state index in [1.165, 1.54) is 0 Å². The van der Waals surface area contributed by atoms with Crippen molar-refractivity contribution in [2.24, 2.45) is 0 Å². The fourth-order valence-electron chi connectivity index (χ4n) is 2.60. The summed E-state index contributed by atoms with van der Waals surface area (Å²) in [6, 6.07) is 0. The molecule has 0 aromatic carbocycles. The van der Waals surface area contributed by atoms with E-state index in [-0.39, 0.29) is 0 Å². The molecule has 0 aromatic rings. The summed E-state index contributed by atoms with van der Waals surface area (Å²) in [6.45, 7) is 14.9. The maximum atomic E-state index is 3.17. The summed E-state index contributed by atoms with van der Waals surface area (Å²) in [7, 11) is -2.39. The number of rotatable bonds is 2. The third kappa shape index (κ3) is 1.75. The fourth-order valence-corrected chi connectivity index (χ4v) is 13.9. The van der Waals surface area contributed by atoms with Crippen LogP contribution in [0.1, 0.15) is 0 Å². The van der Waals surface area contributed by atoms with Crippen LogP contribution in [0.15, 0.2) is 24.6 Å². The zero-order valence-corrected chi connectivity index (χ0v) is 12.3. The molecule has 1 nitrogen and oxygen atoms in total. The molecular weight excluding hydrogens is 202 g/mol. The topological polar surface area (TPSA) is 12.0 Å². The first kappa shape index (κ1) is 11.8. The zero-order chi connectivity index (χ0) is 11.0. The molecule has 1 aliphatic rings. The maximum Gasteiger partial charge on any atom is 0.0564 e. The van der Waals surface area contributed by atoms with Crippen molar-refractivity contribution >= 4 is 16.1 Å². The van der Waals surface area contributed by atoms with Gasteiger partial charge in [-0.1, -0.05) is 51.4 Å². The van der Waals surface area contributed by atoms with E-state index in [0.29, 0.717) is 4.66 Å². The van der Waals surface area contributed by atoms with E-state index >= 15 is 0 Å². The molecule has 0 saturated heterocycles. The second kappa shape index (κ2) is 3.38. The Bertz CT molecular complexity index is 238. The van der Waals surface area contributed by atoms with E-state index < -0.39 is 16.1 Å². The van der Waals surface area contributed by atoms with Crippen molar-refractivity contribution in [1.29, 1.82) is 0 Å². The Morgan fingerprint density at radius 1 is 0.786 bits per heavy atom. The molecule has 0 spiro atoms. The Morgan fingerprint density at radius 2 is 1.14 bits per heavy atom. The van der Waals surface area contributed by atoms with Crippen LogP contribution in [0.3, 0.4) is 0 Å². The van der Waals surface area contributed by atoms with Gasteiger partial charge in [-0.2, -0.15) is 0 Å². The van der Waals surface area contributed by atoms with Gasteiger partial charge in [-0.05, 0) is 17.1 Å². The van der Waals surface area contributed by atoms with Gasteiger partial charge in [0.05, 0.1) is 16.1 Å². The van der Waals surface area contributed by atoms with Crippen LogP contribution in [0.25, 0.3) is 0 Å². The van der Waals surface area contributed by atoms with Gasteiger partial charge in [-0.3, -0.25) is 0 Å². The number of hydrogen-bond donors (Lipinski definition) is 1. The summed E-state index contributed by atoms with van der Waals surface area (Å²) in [5.74, 6) is 0. The first-order chi connectivity index (χ1) is 6.21. The van der Waals surface area contributed by atoms with E-state index in [0.717, 1.165) is 0 Å². The predicted molar refractivity (Wildman–Crippen MR) is 70.8 cm³/mol. The highest BCUT2D eigenvalue weighted by atomic mass is 28.4. The zero-order valence-electron chi connectivity index (χ0n) is 10.3. The second-order valence-corrected chi connectivity index (χ2v) is 17.4. The summed E-state index contributed by atoms with van der Waals surface area (Å²) < 4.78 is 0.408. The first-order valence-corrected chi connectivity index (χ1v) is 12.3. The van der Waals surface area contributed by atoms with Gasteiger partial charge in [-0.25, -0.2) is 0 Å². The molecule has 0 amide bonds. The Morgan fingerprint density at radius 3 is 1.36 bits per heavy atom. The molecule has 0 unspecified atom stereocenters. The van der Waals surface area contributed by atoms with Crippen LogP contribution in [-0.4, -0.2) is 16.1 Å². The van der Waals surface area contributed by atoms with Crippen LogP contribution >= 0.6 is 0 Å². The largest absolute Gasteiger partial charge is 0.368 e. The van der Waals surface area contributed by atoms with Gasteiger partial charge in [0.1, 0.15) is 0 Å². The Labute approximate surface area is 90.3 Å². The monoisotopic (exact) mass is 225 g/mol. The summed E-state index contributed by atoms with van der Waals surface area (Å²) in [5, 5.41) is 3.17. The lowest BCUT2D eigenvalue weighted by atomic mass is 10.3. The van der Waals surface area contributed by atoms with E-state index in [9.17, 15) is 0 Å². The highest BCUT2D eigenvalue weighted by Crippen LogP contribution is 2.49. The van der Waals surface area contributed by atoms with Crippen molar-refractivity contribution in [2.45, 2.75) is 43.9 Å². The van der Waals surface area contributed by atoms with Gasteiger partial charge < -0.3 is 5.32 Å².